The van der Waals surface area contributed by atoms with Crippen LogP contribution in [0.4, 0.5) is 13.2 Å². The molecule has 2 N–H and O–H groups in total. The predicted octanol–water partition coefficient (Wildman–Crippen LogP) is 3.30. The van der Waals surface area contributed by atoms with Crippen LogP contribution in [0.1, 0.15) is 21.5 Å². The average Bonchev–Trinajstić information content (AvgIpc) is 2.40. The number of amides is 1. The van der Waals surface area contributed by atoms with Gasteiger partial charge < -0.3 is 10.5 Å². The number of aromatic nitrogens is 1. The largest absolute Gasteiger partial charge is 0.438 e. The summed E-state index contributed by atoms with van der Waals surface area (Å²) in [5.74, 6) is -0.982. The van der Waals surface area contributed by atoms with E-state index in [0.29, 0.717) is 5.56 Å². The third kappa shape index (κ3) is 3.50. The molecule has 2 rings (SSSR count). The molecule has 1 amide bonds. The molecule has 0 fully saturated rings. The molecule has 0 radical (unpaired) electrons. The van der Waals surface area contributed by atoms with Crippen LogP contribution in [0.3, 0.4) is 0 Å². The summed E-state index contributed by atoms with van der Waals surface area (Å²) < 4.78 is 43.1. The van der Waals surface area contributed by atoms with Crippen LogP contribution in [0.15, 0.2) is 36.5 Å². The smallest absolute Gasteiger partial charge is 0.416 e. The van der Waals surface area contributed by atoms with Crippen molar-refractivity contribution in [3.05, 3.63) is 53.2 Å². The van der Waals surface area contributed by atoms with Crippen molar-refractivity contribution in [1.29, 1.82) is 0 Å². The summed E-state index contributed by atoms with van der Waals surface area (Å²) in [4.78, 5) is 15.2. The SMILES string of the molecule is Cc1cnc(Oc2cccc(C(F)(F)F)c2)c(C(N)=O)c1. The van der Waals surface area contributed by atoms with Gasteiger partial charge in [-0.15, -0.1) is 0 Å². The van der Waals surface area contributed by atoms with E-state index in [2.05, 4.69) is 4.98 Å². The normalized spacial score (nSPS) is 11.2. The van der Waals surface area contributed by atoms with Crippen molar-refractivity contribution in [2.45, 2.75) is 13.1 Å². The van der Waals surface area contributed by atoms with E-state index in [1.54, 1.807) is 6.92 Å². The van der Waals surface area contributed by atoms with Gasteiger partial charge in [0.05, 0.1) is 5.56 Å². The van der Waals surface area contributed by atoms with Gasteiger partial charge in [0, 0.05) is 6.20 Å². The van der Waals surface area contributed by atoms with Gasteiger partial charge in [0.2, 0.25) is 5.88 Å². The fraction of sp³-hybridized carbons (Fsp3) is 0.143. The Labute approximate surface area is 118 Å². The first-order chi connectivity index (χ1) is 9.77. The van der Waals surface area contributed by atoms with Gasteiger partial charge in [-0.2, -0.15) is 13.2 Å². The van der Waals surface area contributed by atoms with Crippen molar-refractivity contribution in [1.82, 2.24) is 4.98 Å². The highest BCUT2D eigenvalue weighted by Crippen LogP contribution is 2.32. The van der Waals surface area contributed by atoms with Crippen LogP contribution in [-0.2, 0) is 6.18 Å². The van der Waals surface area contributed by atoms with E-state index in [9.17, 15) is 18.0 Å². The fourth-order valence-corrected chi connectivity index (χ4v) is 1.66. The van der Waals surface area contributed by atoms with Gasteiger partial charge in [-0.3, -0.25) is 4.79 Å². The second-order valence-corrected chi connectivity index (χ2v) is 4.36. The number of halogens is 3. The molecule has 21 heavy (non-hydrogen) atoms. The summed E-state index contributed by atoms with van der Waals surface area (Å²) in [6.45, 7) is 1.70. The van der Waals surface area contributed by atoms with Crippen molar-refractivity contribution in [3.8, 4) is 11.6 Å². The quantitative estimate of drug-likeness (QED) is 0.945. The Bertz CT molecular complexity index is 684. The Balaban J connectivity index is 2.37. The molecular formula is C14H11F3N2O2. The van der Waals surface area contributed by atoms with Crippen LogP contribution in [0.5, 0.6) is 11.6 Å². The van der Waals surface area contributed by atoms with Crippen molar-refractivity contribution < 1.29 is 22.7 Å². The summed E-state index contributed by atoms with van der Waals surface area (Å²) in [7, 11) is 0. The highest BCUT2D eigenvalue weighted by atomic mass is 19.4. The molecule has 4 nitrogen and oxygen atoms in total. The minimum atomic E-state index is -4.48. The first-order valence-electron chi connectivity index (χ1n) is 5.89. The lowest BCUT2D eigenvalue weighted by atomic mass is 10.2. The predicted molar refractivity (Wildman–Crippen MR) is 69.0 cm³/mol. The van der Waals surface area contributed by atoms with E-state index in [-0.39, 0.29) is 17.2 Å². The van der Waals surface area contributed by atoms with Gasteiger partial charge in [0.15, 0.2) is 0 Å². The van der Waals surface area contributed by atoms with Gasteiger partial charge in [-0.25, -0.2) is 4.98 Å². The van der Waals surface area contributed by atoms with Crippen molar-refractivity contribution >= 4 is 5.91 Å². The Morgan fingerprint density at radius 3 is 2.62 bits per heavy atom. The molecule has 1 aromatic carbocycles. The maximum absolute atomic E-state index is 12.6. The van der Waals surface area contributed by atoms with E-state index in [0.717, 1.165) is 12.1 Å². The standard InChI is InChI=1S/C14H11F3N2O2/c1-8-5-11(12(18)20)13(19-7-8)21-10-4-2-3-9(6-10)14(15,16)17/h2-7H,1H3,(H2,18,20). The highest BCUT2D eigenvalue weighted by molar-refractivity contribution is 5.95. The average molecular weight is 296 g/mol. The summed E-state index contributed by atoms with van der Waals surface area (Å²) in [5.41, 5.74) is 5.03. The second kappa shape index (κ2) is 5.43. The number of carbonyl (C=O) groups is 1. The number of hydrogen-bond acceptors (Lipinski definition) is 3. The molecule has 0 atom stereocenters. The molecular weight excluding hydrogens is 285 g/mol. The van der Waals surface area contributed by atoms with Crippen LogP contribution in [0.2, 0.25) is 0 Å². The zero-order valence-electron chi connectivity index (χ0n) is 10.9. The summed E-state index contributed by atoms with van der Waals surface area (Å²) in [5, 5.41) is 0. The summed E-state index contributed by atoms with van der Waals surface area (Å²) >= 11 is 0. The zero-order valence-corrected chi connectivity index (χ0v) is 10.9. The summed E-state index contributed by atoms with van der Waals surface area (Å²) in [6.07, 6.45) is -3.05. The van der Waals surface area contributed by atoms with Crippen molar-refractivity contribution in [3.63, 3.8) is 0 Å². The first-order valence-corrected chi connectivity index (χ1v) is 5.89. The first kappa shape index (κ1) is 14.8. The number of rotatable bonds is 3. The zero-order chi connectivity index (χ0) is 15.6. The molecule has 0 unspecified atom stereocenters. The number of primary amides is 1. The van der Waals surface area contributed by atoms with E-state index < -0.39 is 17.6 Å². The highest BCUT2D eigenvalue weighted by Gasteiger charge is 2.30. The number of nitrogens with two attached hydrogens (primary N) is 1. The number of ether oxygens (including phenoxy) is 1. The lowest BCUT2D eigenvalue weighted by Crippen LogP contribution is -2.13. The van der Waals surface area contributed by atoms with Gasteiger partial charge in [-0.1, -0.05) is 6.07 Å². The monoisotopic (exact) mass is 296 g/mol. The Morgan fingerprint density at radius 2 is 2.00 bits per heavy atom. The summed E-state index contributed by atoms with van der Waals surface area (Å²) in [6, 6.07) is 5.74. The Kier molecular flexibility index (Phi) is 3.84. The van der Waals surface area contributed by atoms with Crippen LogP contribution in [0.25, 0.3) is 0 Å². The van der Waals surface area contributed by atoms with E-state index in [1.165, 1.54) is 24.4 Å². The number of alkyl halides is 3. The molecule has 1 aromatic heterocycles. The minimum absolute atomic E-state index is 0.00686. The molecule has 7 heteroatoms. The van der Waals surface area contributed by atoms with Gasteiger partial charge in [0.1, 0.15) is 11.3 Å². The number of hydrogen-bond donors (Lipinski definition) is 1. The molecule has 0 spiro atoms. The maximum atomic E-state index is 12.6. The Morgan fingerprint density at radius 1 is 1.29 bits per heavy atom. The van der Waals surface area contributed by atoms with Crippen LogP contribution in [0, 0.1) is 6.92 Å². The Hall–Kier alpha value is -2.57. The van der Waals surface area contributed by atoms with E-state index in [4.69, 9.17) is 10.5 Å². The van der Waals surface area contributed by atoms with Gasteiger partial charge in [-0.05, 0) is 36.8 Å². The van der Waals surface area contributed by atoms with E-state index >= 15 is 0 Å². The molecule has 0 saturated carbocycles. The lowest BCUT2D eigenvalue weighted by Gasteiger charge is -2.11. The number of benzene rings is 1. The number of aryl methyl sites for hydroxylation is 1. The van der Waals surface area contributed by atoms with Crippen molar-refractivity contribution in [2.75, 3.05) is 0 Å². The van der Waals surface area contributed by atoms with Crippen LogP contribution < -0.4 is 10.5 Å². The molecule has 0 aliphatic carbocycles. The van der Waals surface area contributed by atoms with Crippen LogP contribution in [-0.4, -0.2) is 10.9 Å². The molecule has 110 valence electrons. The fourth-order valence-electron chi connectivity index (χ4n) is 1.66. The third-order valence-electron chi connectivity index (χ3n) is 2.63. The topological polar surface area (TPSA) is 65.2 Å². The van der Waals surface area contributed by atoms with Gasteiger partial charge in [0.25, 0.3) is 5.91 Å². The molecule has 0 aliphatic rings. The maximum Gasteiger partial charge on any atom is 0.416 e. The molecule has 2 aromatic rings. The molecule has 0 saturated heterocycles. The lowest BCUT2D eigenvalue weighted by molar-refractivity contribution is -0.137. The van der Waals surface area contributed by atoms with Gasteiger partial charge >= 0.3 is 6.18 Å². The molecule has 0 bridgehead atoms. The number of pyridine rings is 1. The molecule has 0 aliphatic heterocycles. The second-order valence-electron chi connectivity index (χ2n) is 4.36. The third-order valence-corrected chi connectivity index (χ3v) is 2.63. The van der Waals surface area contributed by atoms with Crippen molar-refractivity contribution in [2.24, 2.45) is 5.73 Å². The minimum Gasteiger partial charge on any atom is -0.438 e. The number of nitrogens with zero attached hydrogens (tertiary/aromatic N) is 1. The van der Waals surface area contributed by atoms with E-state index in [1.807, 2.05) is 0 Å². The molecule has 1 heterocycles. The van der Waals surface area contributed by atoms with Crippen LogP contribution >= 0.6 is 0 Å². The number of carbonyl (C=O) groups excluding carboxylic acids is 1.